The van der Waals surface area contributed by atoms with Gasteiger partial charge in [0.2, 0.25) is 0 Å². The number of aryl methyl sites for hydroxylation is 1. The normalized spacial score (nSPS) is 9.86. The fourth-order valence-corrected chi connectivity index (χ4v) is 2.18. The Morgan fingerprint density at radius 1 is 1.52 bits per heavy atom. The summed E-state index contributed by atoms with van der Waals surface area (Å²) in [6.07, 6.45) is 1.93. The molecule has 0 spiro atoms. The Morgan fingerprint density at radius 3 is 3.05 bits per heavy atom. The van der Waals surface area contributed by atoms with Gasteiger partial charge in [0.25, 0.3) is 5.91 Å². The van der Waals surface area contributed by atoms with Crippen molar-refractivity contribution in [2.24, 2.45) is 0 Å². The second kappa shape index (κ2) is 6.97. The van der Waals surface area contributed by atoms with Gasteiger partial charge >= 0.3 is 0 Å². The van der Waals surface area contributed by atoms with Gasteiger partial charge in [-0.2, -0.15) is 0 Å². The molecule has 0 unspecified atom stereocenters. The number of aliphatic hydroxyl groups excluding tert-OH is 1. The van der Waals surface area contributed by atoms with E-state index in [2.05, 4.69) is 22.1 Å². The van der Waals surface area contributed by atoms with Crippen molar-refractivity contribution in [2.45, 2.75) is 13.3 Å². The Hall–Kier alpha value is -2.23. The minimum Gasteiger partial charge on any atom is -0.395 e. The van der Waals surface area contributed by atoms with Crippen LogP contribution in [-0.4, -0.2) is 22.6 Å². The van der Waals surface area contributed by atoms with Crippen molar-refractivity contribution in [1.82, 2.24) is 4.98 Å². The Balaban J connectivity index is 2.06. The number of benzene rings is 1. The zero-order valence-corrected chi connectivity index (χ0v) is 12.1. The molecule has 0 bridgehead atoms. The van der Waals surface area contributed by atoms with Crippen molar-refractivity contribution in [1.29, 1.82) is 0 Å². The first kappa shape index (κ1) is 15.2. The number of aliphatic hydroxyl groups is 1. The molecule has 108 valence electrons. The van der Waals surface area contributed by atoms with E-state index in [0.29, 0.717) is 22.0 Å². The molecule has 2 N–H and O–H groups in total. The van der Waals surface area contributed by atoms with Gasteiger partial charge in [-0.3, -0.25) is 10.1 Å². The van der Waals surface area contributed by atoms with E-state index in [1.807, 2.05) is 0 Å². The number of nitrogens with zero attached hydrogens (tertiary/aromatic N) is 1. The van der Waals surface area contributed by atoms with Crippen LogP contribution in [0.1, 0.15) is 27.2 Å². The molecule has 0 aliphatic heterocycles. The number of aromatic nitrogens is 1. The van der Waals surface area contributed by atoms with Crippen LogP contribution in [0.4, 0.5) is 9.52 Å². The van der Waals surface area contributed by atoms with E-state index < -0.39 is 11.7 Å². The topological polar surface area (TPSA) is 62.2 Å². The highest BCUT2D eigenvalue weighted by atomic mass is 32.1. The van der Waals surface area contributed by atoms with Gasteiger partial charge in [0, 0.05) is 12.0 Å². The van der Waals surface area contributed by atoms with E-state index in [1.54, 1.807) is 25.3 Å². The highest BCUT2D eigenvalue weighted by Gasteiger charge is 2.10. The summed E-state index contributed by atoms with van der Waals surface area (Å²) in [7, 11) is 0. The molecule has 0 radical (unpaired) electrons. The van der Waals surface area contributed by atoms with E-state index >= 15 is 0 Å². The summed E-state index contributed by atoms with van der Waals surface area (Å²) < 4.78 is 13.4. The molecule has 0 atom stereocenters. The van der Waals surface area contributed by atoms with Gasteiger partial charge in [0.15, 0.2) is 5.13 Å². The maximum absolute atomic E-state index is 13.4. The van der Waals surface area contributed by atoms with Gasteiger partial charge in [0.1, 0.15) is 5.82 Å². The van der Waals surface area contributed by atoms with E-state index in [1.165, 1.54) is 17.4 Å². The molecule has 21 heavy (non-hydrogen) atoms. The lowest BCUT2D eigenvalue weighted by Gasteiger charge is -2.03. The third-order valence-corrected chi connectivity index (χ3v) is 3.44. The molecule has 0 saturated carbocycles. The molecule has 0 aliphatic carbocycles. The first-order valence-electron chi connectivity index (χ1n) is 6.23. The average Bonchev–Trinajstić information content (AvgIpc) is 2.89. The predicted octanol–water partition coefficient (Wildman–Crippen LogP) is 2.58. The van der Waals surface area contributed by atoms with Crippen LogP contribution >= 0.6 is 11.3 Å². The second-order valence-corrected chi connectivity index (χ2v) is 5.25. The average molecular weight is 304 g/mol. The monoisotopic (exact) mass is 304 g/mol. The summed E-state index contributed by atoms with van der Waals surface area (Å²) in [5.41, 5.74) is 0.725. The van der Waals surface area contributed by atoms with Crippen LogP contribution in [0.25, 0.3) is 0 Å². The van der Waals surface area contributed by atoms with Crippen LogP contribution in [0, 0.1) is 24.6 Å². The molecule has 1 aromatic heterocycles. The number of anilines is 1. The summed E-state index contributed by atoms with van der Waals surface area (Å²) in [4.78, 5) is 16.7. The van der Waals surface area contributed by atoms with Crippen LogP contribution < -0.4 is 5.32 Å². The molecule has 2 rings (SSSR count). The minimum absolute atomic E-state index is 0.00832. The van der Waals surface area contributed by atoms with E-state index in [9.17, 15) is 9.18 Å². The molecule has 4 nitrogen and oxygen atoms in total. The summed E-state index contributed by atoms with van der Waals surface area (Å²) >= 11 is 1.22. The van der Waals surface area contributed by atoms with Crippen LogP contribution in [0.2, 0.25) is 0 Å². The van der Waals surface area contributed by atoms with Crippen molar-refractivity contribution in [3.63, 3.8) is 0 Å². The largest absolute Gasteiger partial charge is 0.395 e. The molecule has 2 aromatic rings. The summed E-state index contributed by atoms with van der Waals surface area (Å²) in [6.45, 7) is 1.64. The molecule has 0 fully saturated rings. The Kier molecular flexibility index (Phi) is 5.04. The maximum atomic E-state index is 13.4. The molecule has 0 saturated heterocycles. The summed E-state index contributed by atoms with van der Waals surface area (Å²) in [5, 5.41) is 11.6. The highest BCUT2D eigenvalue weighted by molar-refractivity contribution is 7.16. The number of rotatable bonds is 3. The van der Waals surface area contributed by atoms with Gasteiger partial charge in [0.05, 0.1) is 17.7 Å². The lowest BCUT2D eigenvalue weighted by molar-refractivity contribution is 0.102. The first-order chi connectivity index (χ1) is 10.1. The zero-order chi connectivity index (χ0) is 15.2. The van der Waals surface area contributed by atoms with Crippen LogP contribution in [0.5, 0.6) is 0 Å². The Bertz CT molecular complexity index is 716. The lowest BCUT2D eigenvalue weighted by atomic mass is 10.1. The van der Waals surface area contributed by atoms with Crippen molar-refractivity contribution in [3.05, 3.63) is 46.2 Å². The van der Waals surface area contributed by atoms with Gasteiger partial charge in [-0.05, 0) is 24.6 Å². The number of thiazole rings is 1. The molecule has 1 heterocycles. The van der Waals surface area contributed by atoms with Crippen LogP contribution in [0.15, 0.2) is 24.4 Å². The molecule has 6 heteroatoms. The number of halogens is 1. The minimum atomic E-state index is -0.419. The summed E-state index contributed by atoms with van der Waals surface area (Å²) in [6, 6.07) is 4.31. The second-order valence-electron chi connectivity index (χ2n) is 4.22. The van der Waals surface area contributed by atoms with E-state index in [0.717, 1.165) is 0 Å². The van der Waals surface area contributed by atoms with Crippen molar-refractivity contribution in [2.75, 3.05) is 11.9 Å². The smallest absolute Gasteiger partial charge is 0.257 e. The number of hydrogen-bond donors (Lipinski definition) is 2. The van der Waals surface area contributed by atoms with Gasteiger partial charge in [-0.1, -0.05) is 29.2 Å². The fraction of sp³-hybridized carbons (Fsp3) is 0.200. The van der Waals surface area contributed by atoms with Crippen molar-refractivity contribution < 1.29 is 14.3 Å². The van der Waals surface area contributed by atoms with E-state index in [-0.39, 0.29) is 12.2 Å². The molecular weight excluding hydrogens is 291 g/mol. The molecule has 1 aromatic carbocycles. The number of carbonyl (C=O) groups excluding carboxylic acids is 1. The standard InChI is InChI=1S/C15H13FN2O2S/c1-10-5-6-11(8-13(10)16)14(20)18-15-17-9-12(21-15)4-2-3-7-19/h5-6,8-9,19H,3,7H2,1H3,(H,17,18,20). The Labute approximate surface area is 125 Å². The number of amides is 1. The number of hydrogen-bond acceptors (Lipinski definition) is 4. The van der Waals surface area contributed by atoms with Crippen molar-refractivity contribution in [3.8, 4) is 11.8 Å². The maximum Gasteiger partial charge on any atom is 0.257 e. The fourth-order valence-electron chi connectivity index (χ4n) is 1.50. The molecule has 0 aliphatic rings. The summed E-state index contributed by atoms with van der Waals surface area (Å²) in [5.74, 6) is 4.76. The van der Waals surface area contributed by atoms with Crippen LogP contribution in [-0.2, 0) is 0 Å². The molecular formula is C15H13FN2O2S. The quantitative estimate of drug-likeness (QED) is 0.857. The highest BCUT2D eigenvalue weighted by Crippen LogP contribution is 2.18. The van der Waals surface area contributed by atoms with Gasteiger partial charge in [-0.25, -0.2) is 9.37 Å². The molecule has 1 amide bonds. The predicted molar refractivity (Wildman–Crippen MR) is 79.8 cm³/mol. The van der Waals surface area contributed by atoms with Crippen LogP contribution in [0.3, 0.4) is 0 Å². The third kappa shape index (κ3) is 4.12. The Morgan fingerprint density at radius 2 is 2.33 bits per heavy atom. The number of nitrogens with one attached hydrogen (secondary N) is 1. The number of carbonyl (C=O) groups is 1. The zero-order valence-electron chi connectivity index (χ0n) is 11.3. The lowest BCUT2D eigenvalue weighted by Crippen LogP contribution is -2.12. The van der Waals surface area contributed by atoms with Gasteiger partial charge < -0.3 is 5.11 Å². The third-order valence-electron chi connectivity index (χ3n) is 2.61. The van der Waals surface area contributed by atoms with Gasteiger partial charge in [-0.15, -0.1) is 0 Å². The van der Waals surface area contributed by atoms with Crippen molar-refractivity contribution >= 4 is 22.4 Å². The van der Waals surface area contributed by atoms with E-state index in [4.69, 9.17) is 5.11 Å². The SMILES string of the molecule is Cc1ccc(C(=O)Nc2ncc(C#CCCO)s2)cc1F. The first-order valence-corrected chi connectivity index (χ1v) is 7.05.